The van der Waals surface area contributed by atoms with Crippen molar-refractivity contribution >= 4 is 27.4 Å². The van der Waals surface area contributed by atoms with E-state index in [0.29, 0.717) is 18.2 Å². The van der Waals surface area contributed by atoms with Crippen molar-refractivity contribution in [1.29, 1.82) is 0 Å². The van der Waals surface area contributed by atoms with Crippen molar-refractivity contribution in [2.45, 2.75) is 37.8 Å². The Morgan fingerprint density at radius 3 is 2.77 bits per heavy atom. The molecule has 22 heavy (non-hydrogen) atoms. The molecule has 0 aromatic heterocycles. The van der Waals surface area contributed by atoms with E-state index in [2.05, 4.69) is 69.4 Å². The second-order valence-electron chi connectivity index (χ2n) is 6.26. The van der Waals surface area contributed by atoms with Gasteiger partial charge >= 0.3 is 0 Å². The van der Waals surface area contributed by atoms with E-state index in [-0.39, 0.29) is 5.92 Å². The maximum Gasteiger partial charge on any atom is 0.140 e. The topological polar surface area (TPSA) is 20.3 Å². The summed E-state index contributed by atoms with van der Waals surface area (Å²) < 4.78 is 1.06. The van der Waals surface area contributed by atoms with Crippen LogP contribution in [0.25, 0.3) is 0 Å². The molecule has 0 radical (unpaired) electrons. The van der Waals surface area contributed by atoms with Crippen LogP contribution in [0.15, 0.2) is 53.0 Å². The lowest BCUT2D eigenvalue weighted by Gasteiger charge is -2.45. The van der Waals surface area contributed by atoms with E-state index in [9.17, 15) is 4.79 Å². The van der Waals surface area contributed by atoms with Crippen molar-refractivity contribution in [3.05, 3.63) is 64.1 Å². The highest BCUT2D eigenvalue weighted by Gasteiger charge is 2.39. The summed E-state index contributed by atoms with van der Waals surface area (Å²) in [5, 5.41) is 0. The fraction of sp³-hybridized carbons (Fsp3) is 0.316. The standard InChI is InChI=1S/C19H18BrNO/c20-14-6-8-18-16(10-14)17-11-15(7-9-19(17)22)21(18)12-13-4-2-1-3-5-13/h1-6,8,10,15,17H,7,9,11-12H2/t15-,17+/m1/s1. The summed E-state index contributed by atoms with van der Waals surface area (Å²) in [6.07, 6.45) is 2.67. The summed E-state index contributed by atoms with van der Waals surface area (Å²) in [6.45, 7) is 0.918. The summed E-state index contributed by atoms with van der Waals surface area (Å²) in [4.78, 5) is 14.8. The Kier molecular flexibility index (Phi) is 3.53. The predicted octanol–water partition coefficient (Wildman–Crippen LogP) is 4.67. The van der Waals surface area contributed by atoms with Crippen molar-refractivity contribution in [3.8, 4) is 0 Å². The molecule has 1 aliphatic heterocycles. The number of fused-ring (bicyclic) bond motifs is 4. The van der Waals surface area contributed by atoms with E-state index in [1.54, 1.807) is 0 Å². The third-order valence-corrected chi connectivity index (χ3v) is 5.42. The van der Waals surface area contributed by atoms with Crippen LogP contribution in [0.3, 0.4) is 0 Å². The van der Waals surface area contributed by atoms with Crippen molar-refractivity contribution < 1.29 is 4.79 Å². The van der Waals surface area contributed by atoms with Gasteiger partial charge in [0.25, 0.3) is 0 Å². The molecule has 2 atom stereocenters. The number of nitrogens with zero attached hydrogens (tertiary/aromatic N) is 1. The molecule has 2 aliphatic rings. The van der Waals surface area contributed by atoms with E-state index < -0.39 is 0 Å². The van der Waals surface area contributed by atoms with Gasteiger partial charge in [0.15, 0.2) is 0 Å². The highest BCUT2D eigenvalue weighted by atomic mass is 79.9. The van der Waals surface area contributed by atoms with Gasteiger partial charge in [-0.15, -0.1) is 0 Å². The molecule has 2 aromatic rings. The predicted molar refractivity (Wildman–Crippen MR) is 92.2 cm³/mol. The number of anilines is 1. The molecule has 2 bridgehead atoms. The molecule has 1 heterocycles. The van der Waals surface area contributed by atoms with Crippen LogP contribution in [-0.2, 0) is 11.3 Å². The lowest BCUT2D eigenvalue weighted by atomic mass is 9.75. The van der Waals surface area contributed by atoms with Gasteiger partial charge in [-0.25, -0.2) is 0 Å². The molecule has 1 aliphatic carbocycles. The first-order valence-electron chi connectivity index (χ1n) is 7.85. The first-order valence-corrected chi connectivity index (χ1v) is 8.64. The molecule has 2 nitrogen and oxygen atoms in total. The van der Waals surface area contributed by atoms with Crippen molar-refractivity contribution in [2.75, 3.05) is 4.90 Å². The number of halogens is 1. The lowest BCUT2D eigenvalue weighted by Crippen LogP contribution is -2.45. The number of carbonyl (C=O) groups excluding carboxylic acids is 1. The number of benzene rings is 2. The Labute approximate surface area is 139 Å². The average molecular weight is 356 g/mol. The highest BCUT2D eigenvalue weighted by molar-refractivity contribution is 9.10. The highest BCUT2D eigenvalue weighted by Crippen LogP contribution is 2.45. The summed E-state index contributed by atoms with van der Waals surface area (Å²) in [5.74, 6) is 0.508. The third-order valence-electron chi connectivity index (χ3n) is 4.93. The smallest absolute Gasteiger partial charge is 0.140 e. The normalized spacial score (nSPS) is 23.3. The van der Waals surface area contributed by atoms with Gasteiger partial charge in [0.2, 0.25) is 0 Å². The molecule has 112 valence electrons. The van der Waals surface area contributed by atoms with Gasteiger partial charge in [-0.1, -0.05) is 46.3 Å². The fourth-order valence-electron chi connectivity index (χ4n) is 3.85. The first kappa shape index (κ1) is 14.0. The Morgan fingerprint density at radius 1 is 1.14 bits per heavy atom. The summed E-state index contributed by atoms with van der Waals surface area (Å²) in [7, 11) is 0. The van der Waals surface area contributed by atoms with E-state index in [1.807, 2.05) is 0 Å². The molecular formula is C19H18BrNO. The minimum atomic E-state index is 0.0956. The second-order valence-corrected chi connectivity index (χ2v) is 7.18. The van der Waals surface area contributed by atoms with Gasteiger partial charge in [0, 0.05) is 35.1 Å². The quantitative estimate of drug-likeness (QED) is 0.779. The molecule has 1 fully saturated rings. The Balaban J connectivity index is 1.77. The number of carbonyl (C=O) groups is 1. The molecular weight excluding hydrogens is 338 g/mol. The minimum absolute atomic E-state index is 0.0956. The monoisotopic (exact) mass is 355 g/mol. The molecule has 0 unspecified atom stereocenters. The maximum absolute atomic E-state index is 12.3. The Hall–Kier alpha value is -1.61. The van der Waals surface area contributed by atoms with E-state index in [0.717, 1.165) is 23.9 Å². The van der Waals surface area contributed by atoms with Crippen LogP contribution in [0.5, 0.6) is 0 Å². The van der Waals surface area contributed by atoms with Crippen LogP contribution < -0.4 is 4.90 Å². The van der Waals surface area contributed by atoms with Crippen LogP contribution in [0.4, 0.5) is 5.69 Å². The van der Waals surface area contributed by atoms with E-state index in [1.165, 1.54) is 16.8 Å². The zero-order valence-corrected chi connectivity index (χ0v) is 13.9. The summed E-state index contributed by atoms with van der Waals surface area (Å²) >= 11 is 3.56. The van der Waals surface area contributed by atoms with Crippen LogP contribution in [0.2, 0.25) is 0 Å². The average Bonchev–Trinajstić information content (AvgIpc) is 2.54. The zero-order valence-electron chi connectivity index (χ0n) is 12.3. The van der Waals surface area contributed by atoms with Crippen molar-refractivity contribution in [3.63, 3.8) is 0 Å². The van der Waals surface area contributed by atoms with Gasteiger partial charge in [-0.2, -0.15) is 0 Å². The minimum Gasteiger partial charge on any atom is -0.364 e. The van der Waals surface area contributed by atoms with Gasteiger partial charge in [0.1, 0.15) is 5.78 Å². The first-order chi connectivity index (χ1) is 10.7. The molecule has 3 heteroatoms. The van der Waals surface area contributed by atoms with Gasteiger partial charge < -0.3 is 4.90 Å². The largest absolute Gasteiger partial charge is 0.364 e. The molecule has 1 saturated carbocycles. The SMILES string of the molecule is O=C1CC[C@@H]2C[C@H]1c1cc(Br)ccc1N2Cc1ccccc1. The molecule has 0 N–H and O–H groups in total. The number of Topliss-reactive ketones (excluding diaryl/α,β-unsaturated/α-hetero) is 1. The third kappa shape index (κ3) is 2.38. The second kappa shape index (κ2) is 5.54. The van der Waals surface area contributed by atoms with Crippen LogP contribution in [-0.4, -0.2) is 11.8 Å². The van der Waals surface area contributed by atoms with E-state index >= 15 is 0 Å². The molecule has 2 aromatic carbocycles. The number of rotatable bonds is 2. The zero-order chi connectivity index (χ0) is 15.1. The van der Waals surface area contributed by atoms with Gasteiger partial charge in [-0.05, 0) is 42.2 Å². The summed E-state index contributed by atoms with van der Waals surface area (Å²) in [5.41, 5.74) is 3.76. The molecule has 0 saturated heterocycles. The number of hydrogen-bond acceptors (Lipinski definition) is 2. The number of hydrogen-bond donors (Lipinski definition) is 0. The van der Waals surface area contributed by atoms with Crippen molar-refractivity contribution in [1.82, 2.24) is 0 Å². The Morgan fingerprint density at radius 2 is 1.95 bits per heavy atom. The van der Waals surface area contributed by atoms with Gasteiger partial charge in [-0.3, -0.25) is 4.79 Å². The molecule has 0 spiro atoms. The molecule has 4 rings (SSSR count). The number of ketones is 1. The van der Waals surface area contributed by atoms with Gasteiger partial charge in [0.05, 0.1) is 0 Å². The van der Waals surface area contributed by atoms with Crippen LogP contribution in [0, 0.1) is 0 Å². The Bertz CT molecular complexity index is 713. The van der Waals surface area contributed by atoms with Crippen molar-refractivity contribution in [2.24, 2.45) is 0 Å². The van der Waals surface area contributed by atoms with Crippen LogP contribution in [0.1, 0.15) is 36.3 Å². The fourth-order valence-corrected chi connectivity index (χ4v) is 4.22. The lowest BCUT2D eigenvalue weighted by molar-refractivity contribution is -0.122. The molecule has 0 amide bonds. The van der Waals surface area contributed by atoms with E-state index in [4.69, 9.17) is 0 Å². The maximum atomic E-state index is 12.3. The van der Waals surface area contributed by atoms with Crippen LogP contribution >= 0.6 is 15.9 Å². The summed E-state index contributed by atoms with van der Waals surface area (Å²) in [6, 6.07) is 17.5.